The molecule has 0 radical (unpaired) electrons. The number of carbonyl (C=O) groups excluding carboxylic acids is 1. The summed E-state index contributed by atoms with van der Waals surface area (Å²) >= 11 is 0. The summed E-state index contributed by atoms with van der Waals surface area (Å²) in [6.45, 7) is 0. The van der Waals surface area contributed by atoms with Gasteiger partial charge in [0.15, 0.2) is 17.6 Å². The summed E-state index contributed by atoms with van der Waals surface area (Å²) in [5.41, 5.74) is 5.21. The van der Waals surface area contributed by atoms with Crippen LogP contribution in [0.1, 0.15) is 11.7 Å². The molecule has 0 spiro atoms. The number of aliphatic hydroxyl groups excluding tert-OH is 2. The maximum Gasteiger partial charge on any atom is 0.249 e. The lowest BCUT2D eigenvalue weighted by Crippen LogP contribution is -2.33. The highest BCUT2D eigenvalue weighted by atomic mass is 16.5. The van der Waals surface area contributed by atoms with Gasteiger partial charge in [-0.3, -0.25) is 4.79 Å². The first-order valence-electron chi connectivity index (χ1n) is 4.88. The van der Waals surface area contributed by atoms with Gasteiger partial charge in [0.25, 0.3) is 0 Å². The van der Waals surface area contributed by atoms with Crippen LogP contribution in [0.25, 0.3) is 0 Å². The van der Waals surface area contributed by atoms with Crippen LogP contribution in [0.4, 0.5) is 0 Å². The highest BCUT2D eigenvalue weighted by Gasteiger charge is 2.24. The van der Waals surface area contributed by atoms with Gasteiger partial charge in [-0.05, 0) is 17.7 Å². The number of aliphatic hydroxyl groups is 2. The number of primary amides is 1. The number of amides is 1. The molecule has 0 aromatic heterocycles. The third-order valence-electron chi connectivity index (χ3n) is 2.34. The van der Waals surface area contributed by atoms with Gasteiger partial charge in [-0.1, -0.05) is 6.07 Å². The van der Waals surface area contributed by atoms with Crippen molar-refractivity contribution in [1.82, 2.24) is 0 Å². The van der Waals surface area contributed by atoms with Crippen LogP contribution >= 0.6 is 0 Å². The third kappa shape index (κ3) is 2.86. The Labute approximate surface area is 98.6 Å². The summed E-state index contributed by atoms with van der Waals surface area (Å²) in [6, 6.07) is 4.54. The van der Waals surface area contributed by atoms with E-state index in [9.17, 15) is 15.0 Å². The van der Waals surface area contributed by atoms with Crippen LogP contribution in [0.3, 0.4) is 0 Å². The number of ether oxygens (including phenoxy) is 2. The molecule has 0 aliphatic carbocycles. The molecule has 2 atom stereocenters. The van der Waals surface area contributed by atoms with E-state index < -0.39 is 18.1 Å². The van der Waals surface area contributed by atoms with Crippen molar-refractivity contribution in [3.05, 3.63) is 23.8 Å². The Kier molecular flexibility index (Phi) is 4.30. The van der Waals surface area contributed by atoms with Crippen LogP contribution in [0.15, 0.2) is 18.2 Å². The number of rotatable bonds is 5. The second-order valence-corrected chi connectivity index (χ2v) is 3.41. The number of methoxy groups -OCH3 is 2. The molecule has 94 valence electrons. The largest absolute Gasteiger partial charge is 0.493 e. The fraction of sp³-hybridized carbons (Fsp3) is 0.364. The van der Waals surface area contributed by atoms with E-state index in [0.29, 0.717) is 17.1 Å². The Balaban J connectivity index is 3.03. The van der Waals surface area contributed by atoms with Crippen molar-refractivity contribution in [2.75, 3.05) is 14.2 Å². The molecule has 0 bridgehead atoms. The molecular weight excluding hydrogens is 226 g/mol. The summed E-state index contributed by atoms with van der Waals surface area (Å²) in [5, 5.41) is 19.0. The average molecular weight is 241 g/mol. The maximum absolute atomic E-state index is 10.7. The minimum atomic E-state index is -1.66. The first-order valence-corrected chi connectivity index (χ1v) is 4.88. The van der Waals surface area contributed by atoms with Crippen molar-refractivity contribution >= 4 is 5.91 Å². The molecule has 1 aromatic rings. The van der Waals surface area contributed by atoms with E-state index in [0.717, 1.165) is 0 Å². The zero-order valence-electron chi connectivity index (χ0n) is 9.58. The van der Waals surface area contributed by atoms with Crippen molar-refractivity contribution in [3.63, 3.8) is 0 Å². The fourth-order valence-corrected chi connectivity index (χ4v) is 1.37. The van der Waals surface area contributed by atoms with Crippen molar-refractivity contribution in [3.8, 4) is 11.5 Å². The minimum absolute atomic E-state index is 0.314. The molecule has 0 aliphatic heterocycles. The number of hydrogen-bond donors (Lipinski definition) is 3. The van der Waals surface area contributed by atoms with E-state index in [1.807, 2.05) is 0 Å². The first-order chi connectivity index (χ1) is 8.01. The summed E-state index contributed by atoms with van der Waals surface area (Å²) in [4.78, 5) is 10.7. The number of benzene rings is 1. The monoisotopic (exact) mass is 241 g/mol. The Hall–Kier alpha value is -1.79. The van der Waals surface area contributed by atoms with Gasteiger partial charge in [0.05, 0.1) is 14.2 Å². The Morgan fingerprint density at radius 2 is 1.82 bits per heavy atom. The van der Waals surface area contributed by atoms with Crippen molar-refractivity contribution < 1.29 is 24.5 Å². The third-order valence-corrected chi connectivity index (χ3v) is 2.34. The molecule has 1 rings (SSSR count). The fourth-order valence-electron chi connectivity index (χ4n) is 1.37. The van der Waals surface area contributed by atoms with Gasteiger partial charge in [-0.25, -0.2) is 0 Å². The molecule has 17 heavy (non-hydrogen) atoms. The lowest BCUT2D eigenvalue weighted by Gasteiger charge is -2.16. The zero-order chi connectivity index (χ0) is 13.0. The van der Waals surface area contributed by atoms with Crippen LogP contribution < -0.4 is 15.2 Å². The predicted molar refractivity (Wildman–Crippen MR) is 59.7 cm³/mol. The van der Waals surface area contributed by atoms with Gasteiger partial charge in [-0.15, -0.1) is 0 Å². The average Bonchev–Trinajstić information content (AvgIpc) is 2.35. The normalized spacial score (nSPS) is 13.9. The second-order valence-electron chi connectivity index (χ2n) is 3.41. The van der Waals surface area contributed by atoms with E-state index in [1.165, 1.54) is 26.4 Å². The van der Waals surface area contributed by atoms with Gasteiger partial charge in [0, 0.05) is 0 Å². The number of hydrogen-bond acceptors (Lipinski definition) is 5. The topological polar surface area (TPSA) is 102 Å². The van der Waals surface area contributed by atoms with Gasteiger partial charge in [0.2, 0.25) is 5.91 Å². The lowest BCUT2D eigenvalue weighted by molar-refractivity contribution is -0.131. The molecule has 0 saturated heterocycles. The maximum atomic E-state index is 10.7. The SMILES string of the molecule is COc1ccc(C(O)C(O)C(N)=O)cc1OC. The highest BCUT2D eigenvalue weighted by Crippen LogP contribution is 2.30. The number of nitrogens with two attached hydrogens (primary N) is 1. The molecule has 4 N–H and O–H groups in total. The minimum Gasteiger partial charge on any atom is -0.493 e. The standard InChI is InChI=1S/C11H15NO5/c1-16-7-4-3-6(5-8(7)17-2)9(13)10(14)11(12)15/h3-5,9-10,13-14H,1-2H3,(H2,12,15). The molecule has 1 aromatic carbocycles. The van der Waals surface area contributed by atoms with Crippen LogP contribution in [-0.2, 0) is 4.79 Å². The van der Waals surface area contributed by atoms with Crippen molar-refractivity contribution in [2.45, 2.75) is 12.2 Å². The molecule has 0 saturated carbocycles. The Morgan fingerprint density at radius 3 is 2.29 bits per heavy atom. The molecule has 0 aliphatic rings. The Bertz CT molecular complexity index is 407. The first kappa shape index (κ1) is 13.3. The predicted octanol–water partition coefficient (Wildman–Crippen LogP) is -0.417. The molecule has 6 nitrogen and oxygen atoms in total. The van der Waals surface area contributed by atoms with E-state index in [1.54, 1.807) is 6.07 Å². The van der Waals surface area contributed by atoms with Crippen LogP contribution in [0.5, 0.6) is 11.5 Å². The zero-order valence-corrected chi connectivity index (χ0v) is 9.58. The highest BCUT2D eigenvalue weighted by molar-refractivity contribution is 5.79. The van der Waals surface area contributed by atoms with Crippen molar-refractivity contribution in [2.24, 2.45) is 5.73 Å². The molecule has 2 unspecified atom stereocenters. The van der Waals surface area contributed by atoms with E-state index in [2.05, 4.69) is 0 Å². The summed E-state index contributed by atoms with van der Waals surface area (Å²) in [7, 11) is 2.92. The van der Waals surface area contributed by atoms with Crippen LogP contribution in [0, 0.1) is 0 Å². The van der Waals surface area contributed by atoms with Gasteiger partial charge < -0.3 is 25.4 Å². The van der Waals surface area contributed by atoms with Gasteiger partial charge >= 0.3 is 0 Å². The van der Waals surface area contributed by atoms with E-state index in [-0.39, 0.29) is 0 Å². The van der Waals surface area contributed by atoms with Gasteiger partial charge in [0.1, 0.15) is 6.10 Å². The quantitative estimate of drug-likeness (QED) is 0.650. The van der Waals surface area contributed by atoms with Gasteiger partial charge in [-0.2, -0.15) is 0 Å². The molecule has 6 heteroatoms. The van der Waals surface area contributed by atoms with Crippen LogP contribution in [-0.4, -0.2) is 36.4 Å². The van der Waals surface area contributed by atoms with E-state index >= 15 is 0 Å². The molecule has 0 fully saturated rings. The summed E-state index contributed by atoms with van der Waals surface area (Å²) in [6.07, 6.45) is -3.06. The summed E-state index contributed by atoms with van der Waals surface area (Å²) in [5.74, 6) is -0.120. The molecule has 1 amide bonds. The van der Waals surface area contributed by atoms with Crippen molar-refractivity contribution in [1.29, 1.82) is 0 Å². The number of carbonyl (C=O) groups is 1. The molecule has 0 heterocycles. The summed E-state index contributed by atoms with van der Waals surface area (Å²) < 4.78 is 10.1. The van der Waals surface area contributed by atoms with E-state index in [4.69, 9.17) is 15.2 Å². The second kappa shape index (κ2) is 5.51. The lowest BCUT2D eigenvalue weighted by atomic mass is 10.0. The smallest absolute Gasteiger partial charge is 0.249 e. The molecular formula is C11H15NO5. The van der Waals surface area contributed by atoms with Crippen LogP contribution in [0.2, 0.25) is 0 Å². The Morgan fingerprint density at radius 1 is 1.24 bits per heavy atom.